The number of fused-ring (bicyclic) bond motifs is 1. The molecule has 2 aromatic rings. The molecule has 0 radical (unpaired) electrons. The zero-order valence-electron chi connectivity index (χ0n) is 14.5. The van der Waals surface area contributed by atoms with Gasteiger partial charge >= 0.3 is 0 Å². The number of aryl methyl sites for hydroxylation is 1. The zero-order chi connectivity index (χ0) is 18.5. The first-order valence-electron chi connectivity index (χ1n) is 7.98. The van der Waals surface area contributed by atoms with Gasteiger partial charge in [-0.25, -0.2) is 0 Å². The highest BCUT2D eigenvalue weighted by Crippen LogP contribution is 2.32. The van der Waals surface area contributed by atoms with Crippen LogP contribution in [0.25, 0.3) is 0 Å². The van der Waals surface area contributed by atoms with E-state index in [-0.39, 0.29) is 31.7 Å². The molecule has 1 aromatic heterocycles. The lowest BCUT2D eigenvalue weighted by atomic mass is 10.1. The molecular formula is C17H19N3O6. The van der Waals surface area contributed by atoms with Crippen LogP contribution < -0.4 is 14.8 Å². The van der Waals surface area contributed by atoms with Gasteiger partial charge in [-0.1, -0.05) is 5.16 Å². The number of anilines is 1. The number of carbonyl (C=O) groups is 2. The molecule has 26 heavy (non-hydrogen) atoms. The van der Waals surface area contributed by atoms with Crippen LogP contribution in [0.1, 0.15) is 16.1 Å². The van der Waals surface area contributed by atoms with Gasteiger partial charge in [0.05, 0.1) is 6.61 Å². The number of methoxy groups -OCH3 is 1. The van der Waals surface area contributed by atoms with Crippen molar-refractivity contribution >= 4 is 17.6 Å². The van der Waals surface area contributed by atoms with Crippen LogP contribution in [0.3, 0.4) is 0 Å². The van der Waals surface area contributed by atoms with E-state index in [0.717, 1.165) is 0 Å². The van der Waals surface area contributed by atoms with E-state index < -0.39 is 0 Å². The summed E-state index contributed by atoms with van der Waals surface area (Å²) in [6, 6.07) is 6.50. The second-order valence-electron chi connectivity index (χ2n) is 5.66. The Labute approximate surface area is 149 Å². The first-order chi connectivity index (χ1) is 12.6. The molecule has 1 aromatic carbocycles. The van der Waals surface area contributed by atoms with E-state index in [9.17, 15) is 9.59 Å². The molecule has 1 aliphatic rings. The summed E-state index contributed by atoms with van der Waals surface area (Å²) in [5.74, 6) is 1.27. The van der Waals surface area contributed by atoms with Crippen molar-refractivity contribution in [3.63, 3.8) is 0 Å². The Morgan fingerprint density at radius 1 is 1.27 bits per heavy atom. The van der Waals surface area contributed by atoms with Gasteiger partial charge in [0.2, 0.25) is 12.7 Å². The predicted octanol–water partition coefficient (Wildman–Crippen LogP) is 1.44. The highest BCUT2D eigenvalue weighted by Gasteiger charge is 2.22. The molecule has 2 amide bonds. The number of amides is 2. The zero-order valence-corrected chi connectivity index (χ0v) is 14.5. The Hall–Kier alpha value is -3.07. The number of hydrogen-bond acceptors (Lipinski definition) is 7. The van der Waals surface area contributed by atoms with Gasteiger partial charge in [0.15, 0.2) is 17.3 Å². The molecule has 0 spiro atoms. The fourth-order valence-electron chi connectivity index (χ4n) is 2.45. The van der Waals surface area contributed by atoms with Gasteiger partial charge in [-0.15, -0.1) is 0 Å². The van der Waals surface area contributed by atoms with E-state index in [4.69, 9.17) is 18.7 Å². The number of nitrogens with zero attached hydrogens (tertiary/aromatic N) is 2. The lowest BCUT2D eigenvalue weighted by Gasteiger charge is -2.21. The Bertz CT molecular complexity index is 804. The van der Waals surface area contributed by atoms with Crippen molar-refractivity contribution < 1.29 is 28.3 Å². The number of carbonyl (C=O) groups excluding carboxylic acids is 2. The molecule has 0 bridgehead atoms. The van der Waals surface area contributed by atoms with E-state index in [1.54, 1.807) is 31.2 Å². The second kappa shape index (κ2) is 7.87. The average Bonchev–Trinajstić information content (AvgIpc) is 3.25. The van der Waals surface area contributed by atoms with Crippen molar-refractivity contribution in [3.05, 3.63) is 35.6 Å². The van der Waals surface area contributed by atoms with Crippen molar-refractivity contribution in [3.8, 4) is 11.5 Å². The van der Waals surface area contributed by atoms with Gasteiger partial charge in [0.1, 0.15) is 12.3 Å². The van der Waals surface area contributed by atoms with E-state index in [1.807, 2.05) is 0 Å². The highest BCUT2D eigenvalue weighted by molar-refractivity contribution is 5.99. The first-order valence-corrected chi connectivity index (χ1v) is 7.98. The minimum absolute atomic E-state index is 0.125. The van der Waals surface area contributed by atoms with Crippen LogP contribution in [0.4, 0.5) is 5.82 Å². The molecule has 0 fully saturated rings. The first kappa shape index (κ1) is 17.7. The van der Waals surface area contributed by atoms with Gasteiger partial charge in [-0.3, -0.25) is 9.59 Å². The Morgan fingerprint density at radius 3 is 2.81 bits per heavy atom. The molecule has 1 aliphatic heterocycles. The van der Waals surface area contributed by atoms with Crippen molar-refractivity contribution in [2.45, 2.75) is 6.92 Å². The third-order valence-electron chi connectivity index (χ3n) is 3.70. The van der Waals surface area contributed by atoms with Gasteiger partial charge in [0, 0.05) is 25.3 Å². The number of benzene rings is 1. The molecule has 2 heterocycles. The highest BCUT2D eigenvalue weighted by atomic mass is 16.7. The molecular weight excluding hydrogens is 342 g/mol. The van der Waals surface area contributed by atoms with Crippen LogP contribution in [-0.4, -0.2) is 55.5 Å². The normalized spacial score (nSPS) is 12.1. The summed E-state index contributed by atoms with van der Waals surface area (Å²) in [5.41, 5.74) is 0.399. The maximum atomic E-state index is 12.8. The number of aromatic nitrogens is 1. The molecule has 0 saturated carbocycles. The number of nitrogens with one attached hydrogen (secondary N) is 1. The number of hydrogen-bond donors (Lipinski definition) is 1. The molecule has 3 rings (SSSR count). The largest absolute Gasteiger partial charge is 0.454 e. The van der Waals surface area contributed by atoms with Gasteiger partial charge in [-0.05, 0) is 25.1 Å². The van der Waals surface area contributed by atoms with Crippen molar-refractivity contribution in [1.29, 1.82) is 0 Å². The van der Waals surface area contributed by atoms with Crippen molar-refractivity contribution in [1.82, 2.24) is 10.1 Å². The van der Waals surface area contributed by atoms with Crippen molar-refractivity contribution in [2.75, 3.05) is 38.9 Å². The Morgan fingerprint density at radius 2 is 2.08 bits per heavy atom. The Kier molecular flexibility index (Phi) is 5.37. The summed E-state index contributed by atoms with van der Waals surface area (Å²) in [7, 11) is 1.53. The lowest BCUT2D eigenvalue weighted by molar-refractivity contribution is -0.117. The average molecular weight is 361 g/mol. The number of ether oxygens (including phenoxy) is 3. The van der Waals surface area contributed by atoms with Crippen LogP contribution in [0.5, 0.6) is 11.5 Å². The maximum Gasteiger partial charge on any atom is 0.254 e. The molecule has 0 aliphatic carbocycles. The fraction of sp³-hybridized carbons (Fsp3) is 0.353. The Balaban J connectivity index is 1.70. The van der Waals surface area contributed by atoms with Crippen LogP contribution in [0.2, 0.25) is 0 Å². The molecule has 9 heteroatoms. The molecule has 1 N–H and O–H groups in total. The summed E-state index contributed by atoms with van der Waals surface area (Å²) in [6.45, 7) is 2.25. The van der Waals surface area contributed by atoms with E-state index in [2.05, 4.69) is 10.5 Å². The van der Waals surface area contributed by atoms with E-state index in [0.29, 0.717) is 35.2 Å². The molecule has 0 atom stereocenters. The quantitative estimate of drug-likeness (QED) is 0.796. The second-order valence-corrected chi connectivity index (χ2v) is 5.66. The van der Waals surface area contributed by atoms with E-state index in [1.165, 1.54) is 12.0 Å². The third-order valence-corrected chi connectivity index (χ3v) is 3.70. The fourth-order valence-corrected chi connectivity index (χ4v) is 2.45. The van der Waals surface area contributed by atoms with E-state index >= 15 is 0 Å². The summed E-state index contributed by atoms with van der Waals surface area (Å²) < 4.78 is 20.5. The topological polar surface area (TPSA) is 103 Å². The minimum Gasteiger partial charge on any atom is -0.454 e. The smallest absolute Gasteiger partial charge is 0.254 e. The van der Waals surface area contributed by atoms with Crippen LogP contribution in [0, 0.1) is 6.92 Å². The lowest BCUT2D eigenvalue weighted by Crippen LogP contribution is -2.40. The molecule has 9 nitrogen and oxygen atoms in total. The molecule has 0 unspecified atom stereocenters. The van der Waals surface area contributed by atoms with Gasteiger partial charge in [0.25, 0.3) is 5.91 Å². The SMILES string of the molecule is COCCN(CC(=O)Nc1cc(C)on1)C(=O)c1ccc2c(c1)OCO2. The summed E-state index contributed by atoms with van der Waals surface area (Å²) >= 11 is 0. The maximum absolute atomic E-state index is 12.8. The van der Waals surface area contributed by atoms with Crippen LogP contribution >= 0.6 is 0 Å². The summed E-state index contributed by atoms with van der Waals surface area (Å²) in [5, 5.41) is 6.30. The van der Waals surface area contributed by atoms with Gasteiger partial charge < -0.3 is 29.0 Å². The molecule has 138 valence electrons. The van der Waals surface area contributed by atoms with Crippen molar-refractivity contribution in [2.24, 2.45) is 0 Å². The monoisotopic (exact) mass is 361 g/mol. The minimum atomic E-state index is -0.386. The third kappa shape index (κ3) is 4.12. The number of rotatable bonds is 7. The summed E-state index contributed by atoms with van der Waals surface area (Å²) in [4.78, 5) is 26.4. The van der Waals surface area contributed by atoms with Crippen LogP contribution in [0.15, 0.2) is 28.8 Å². The molecule has 0 saturated heterocycles. The summed E-state index contributed by atoms with van der Waals surface area (Å²) in [6.07, 6.45) is 0. The van der Waals surface area contributed by atoms with Crippen LogP contribution in [-0.2, 0) is 9.53 Å². The van der Waals surface area contributed by atoms with Gasteiger partial charge in [-0.2, -0.15) is 0 Å². The predicted molar refractivity (Wildman–Crippen MR) is 90.2 cm³/mol. The standard InChI is InChI=1S/C17H19N3O6/c1-11-7-15(19-26-11)18-16(21)9-20(5-6-23-2)17(22)12-3-4-13-14(8-12)25-10-24-13/h3-4,7-8H,5-6,9-10H2,1-2H3,(H,18,19,21).